The lowest BCUT2D eigenvalue weighted by molar-refractivity contribution is 0.148. The summed E-state index contributed by atoms with van der Waals surface area (Å²) < 4.78 is 8.42. The van der Waals surface area contributed by atoms with Crippen molar-refractivity contribution < 1.29 is 4.42 Å². The van der Waals surface area contributed by atoms with Crippen LogP contribution in [0, 0.1) is 5.92 Å². The third-order valence-corrected chi connectivity index (χ3v) is 5.89. The molecular formula is C21H22N4O3. The number of aromatic nitrogens is 3. The molecule has 0 radical (unpaired) electrons. The molecule has 0 amide bonds. The largest absolute Gasteiger partial charge is 0.468 e. The first-order valence-electron chi connectivity index (χ1n) is 9.69. The van der Waals surface area contributed by atoms with E-state index in [9.17, 15) is 9.59 Å². The van der Waals surface area contributed by atoms with Crippen molar-refractivity contribution in [1.29, 1.82) is 0 Å². The Morgan fingerprint density at radius 2 is 1.86 bits per heavy atom. The van der Waals surface area contributed by atoms with Crippen LogP contribution in [-0.2, 0) is 19.6 Å². The van der Waals surface area contributed by atoms with Crippen molar-refractivity contribution in [2.24, 2.45) is 5.92 Å². The highest BCUT2D eigenvalue weighted by Crippen LogP contribution is 2.37. The lowest BCUT2D eigenvalue weighted by Gasteiger charge is -2.33. The van der Waals surface area contributed by atoms with Crippen LogP contribution in [0.25, 0.3) is 0 Å². The average Bonchev–Trinajstić information content (AvgIpc) is 3.35. The van der Waals surface area contributed by atoms with Crippen molar-refractivity contribution in [2.75, 3.05) is 13.1 Å². The maximum atomic E-state index is 12.7. The summed E-state index contributed by atoms with van der Waals surface area (Å²) in [7, 11) is 0. The van der Waals surface area contributed by atoms with E-state index in [0.717, 1.165) is 43.2 Å². The number of hydrogen-bond acceptors (Lipinski definition) is 5. The predicted octanol–water partition coefficient (Wildman–Crippen LogP) is 1.67. The summed E-state index contributed by atoms with van der Waals surface area (Å²) >= 11 is 0. The Morgan fingerprint density at radius 3 is 2.64 bits per heavy atom. The molecule has 7 nitrogen and oxygen atoms in total. The molecule has 1 aromatic carbocycles. The highest BCUT2D eigenvalue weighted by Gasteiger charge is 2.40. The third kappa shape index (κ3) is 3.01. The highest BCUT2D eigenvalue weighted by molar-refractivity contribution is 5.16. The molecule has 5 rings (SSSR count). The van der Waals surface area contributed by atoms with Gasteiger partial charge in [0.15, 0.2) is 0 Å². The molecule has 2 aromatic heterocycles. The normalized spacial score (nSPS) is 21.4. The van der Waals surface area contributed by atoms with Crippen LogP contribution in [0.5, 0.6) is 0 Å². The molecule has 0 N–H and O–H groups in total. The first kappa shape index (κ1) is 17.2. The van der Waals surface area contributed by atoms with Gasteiger partial charge in [0.25, 0.3) is 0 Å². The minimum atomic E-state index is -0.543. The molecular weight excluding hydrogens is 356 g/mol. The van der Waals surface area contributed by atoms with E-state index in [2.05, 4.69) is 10.00 Å². The van der Waals surface area contributed by atoms with Gasteiger partial charge in [-0.25, -0.2) is 4.68 Å². The summed E-state index contributed by atoms with van der Waals surface area (Å²) in [4.78, 5) is 27.6. The van der Waals surface area contributed by atoms with Gasteiger partial charge in [-0.05, 0) is 36.6 Å². The number of likely N-dealkylation sites (tertiary alicyclic amines) is 1. The van der Waals surface area contributed by atoms with E-state index in [-0.39, 0.29) is 5.92 Å². The Bertz CT molecular complexity index is 1090. The maximum absolute atomic E-state index is 12.7. The lowest BCUT2D eigenvalue weighted by Crippen LogP contribution is -2.43. The van der Waals surface area contributed by atoms with Gasteiger partial charge in [-0.1, -0.05) is 30.3 Å². The van der Waals surface area contributed by atoms with Crippen LogP contribution in [0.3, 0.4) is 0 Å². The van der Waals surface area contributed by atoms with Crippen molar-refractivity contribution in [3.63, 3.8) is 0 Å². The summed E-state index contributed by atoms with van der Waals surface area (Å²) in [6.45, 7) is 3.45. The average molecular weight is 378 g/mol. The fourth-order valence-corrected chi connectivity index (χ4v) is 4.45. The highest BCUT2D eigenvalue weighted by atomic mass is 16.3. The summed E-state index contributed by atoms with van der Waals surface area (Å²) in [6, 6.07) is 13.5. The topological polar surface area (TPSA) is 73.3 Å². The quantitative estimate of drug-likeness (QED) is 0.646. The van der Waals surface area contributed by atoms with Gasteiger partial charge in [-0.15, -0.1) is 0 Å². The van der Waals surface area contributed by atoms with Gasteiger partial charge in [0, 0.05) is 19.0 Å². The number of fused-ring (bicyclic) bond motifs is 3. The van der Waals surface area contributed by atoms with Gasteiger partial charge >= 0.3 is 11.1 Å². The van der Waals surface area contributed by atoms with E-state index in [0.29, 0.717) is 19.0 Å². The van der Waals surface area contributed by atoms with Crippen LogP contribution in [0.2, 0.25) is 0 Å². The molecule has 1 saturated heterocycles. The van der Waals surface area contributed by atoms with Gasteiger partial charge in [0.1, 0.15) is 11.6 Å². The maximum Gasteiger partial charge on any atom is 0.332 e. The van der Waals surface area contributed by atoms with E-state index >= 15 is 0 Å². The van der Waals surface area contributed by atoms with E-state index in [1.54, 1.807) is 10.8 Å². The van der Waals surface area contributed by atoms with Crippen molar-refractivity contribution in [1.82, 2.24) is 19.2 Å². The van der Waals surface area contributed by atoms with Crippen molar-refractivity contribution in [2.45, 2.75) is 32.0 Å². The monoisotopic (exact) mass is 378 g/mol. The summed E-state index contributed by atoms with van der Waals surface area (Å²) in [5.74, 6) is 2.21. The zero-order chi connectivity index (χ0) is 19.1. The Hall–Kier alpha value is -2.93. The molecule has 2 atom stereocenters. The molecule has 0 unspecified atom stereocenters. The second-order valence-electron chi connectivity index (χ2n) is 7.69. The summed E-state index contributed by atoms with van der Waals surface area (Å²) in [6.07, 6.45) is 2.68. The van der Waals surface area contributed by atoms with Gasteiger partial charge in [-0.3, -0.25) is 19.1 Å². The number of nitrogens with zero attached hydrogens (tertiary/aromatic N) is 4. The second-order valence-corrected chi connectivity index (χ2v) is 7.69. The van der Waals surface area contributed by atoms with E-state index in [4.69, 9.17) is 4.42 Å². The second kappa shape index (κ2) is 6.91. The Kier molecular flexibility index (Phi) is 4.24. The van der Waals surface area contributed by atoms with E-state index in [1.165, 1.54) is 4.68 Å². The van der Waals surface area contributed by atoms with Crippen LogP contribution in [0.15, 0.2) is 62.7 Å². The first-order valence-corrected chi connectivity index (χ1v) is 9.69. The fourth-order valence-electron chi connectivity index (χ4n) is 4.45. The molecule has 144 valence electrons. The van der Waals surface area contributed by atoms with Crippen LogP contribution in [-0.4, -0.2) is 32.3 Å². The molecule has 3 aromatic rings. The molecule has 0 bridgehead atoms. The molecule has 7 heteroatoms. The summed E-state index contributed by atoms with van der Waals surface area (Å²) in [5, 5.41) is 4.64. The van der Waals surface area contributed by atoms with Crippen molar-refractivity contribution in [3.05, 3.63) is 86.6 Å². The Labute approximate surface area is 161 Å². The molecule has 0 saturated carbocycles. The van der Waals surface area contributed by atoms with Crippen LogP contribution >= 0.6 is 0 Å². The van der Waals surface area contributed by atoms with Crippen LogP contribution < -0.4 is 11.1 Å². The van der Waals surface area contributed by atoms with Crippen LogP contribution in [0.1, 0.15) is 29.5 Å². The van der Waals surface area contributed by atoms with Gasteiger partial charge in [-0.2, -0.15) is 5.10 Å². The van der Waals surface area contributed by atoms with E-state index < -0.39 is 11.1 Å². The smallest absolute Gasteiger partial charge is 0.332 e. The lowest BCUT2D eigenvalue weighted by atomic mass is 9.87. The van der Waals surface area contributed by atoms with Crippen molar-refractivity contribution >= 4 is 0 Å². The number of piperidine rings is 1. The predicted molar refractivity (Wildman–Crippen MR) is 103 cm³/mol. The van der Waals surface area contributed by atoms with Gasteiger partial charge in [0.05, 0.1) is 19.4 Å². The van der Waals surface area contributed by atoms with Gasteiger partial charge < -0.3 is 4.42 Å². The summed E-state index contributed by atoms with van der Waals surface area (Å²) in [5.41, 5.74) is -0.0364. The third-order valence-electron chi connectivity index (χ3n) is 5.89. The number of benzene rings is 1. The standard InChI is InChI=1S/C21H22N4O3/c26-20-21(27)25(11-15-5-2-1-3-6-15)22-19-18-14-23(13-17-7-4-10-28-17)9-8-16(18)12-24(19)20/h1-7,10,16,18H,8-9,11-14H2/t16-,18-/m1/s1. The first-order chi connectivity index (χ1) is 13.7. The van der Waals surface area contributed by atoms with E-state index in [1.807, 2.05) is 42.5 Å². The number of hydrogen-bond donors (Lipinski definition) is 0. The number of furan rings is 1. The SMILES string of the molecule is O=c1c(=O)n2c(nn1Cc1ccccc1)[C@@H]1CN(Cc3ccco3)CC[C@@H]1C2. The minimum Gasteiger partial charge on any atom is -0.468 e. The van der Waals surface area contributed by atoms with Crippen molar-refractivity contribution in [3.8, 4) is 0 Å². The molecule has 1 fully saturated rings. The molecule has 2 aliphatic heterocycles. The molecule has 0 aliphatic carbocycles. The van der Waals surface area contributed by atoms with Gasteiger partial charge in [0.2, 0.25) is 0 Å². The zero-order valence-electron chi connectivity index (χ0n) is 15.5. The molecule has 4 heterocycles. The number of rotatable bonds is 4. The van der Waals surface area contributed by atoms with Crippen LogP contribution in [0.4, 0.5) is 0 Å². The Morgan fingerprint density at radius 1 is 1.00 bits per heavy atom. The molecule has 28 heavy (non-hydrogen) atoms. The minimum absolute atomic E-state index is 0.166. The Balaban J connectivity index is 1.45. The molecule has 2 aliphatic rings. The fraction of sp³-hybridized carbons (Fsp3) is 0.381. The zero-order valence-corrected chi connectivity index (χ0v) is 15.5. The molecule has 0 spiro atoms.